The predicted molar refractivity (Wildman–Crippen MR) is 134 cm³/mol. The first-order valence-electron chi connectivity index (χ1n) is 11.3. The molecule has 3 aromatic carbocycles. The highest BCUT2D eigenvalue weighted by Crippen LogP contribution is 2.28. The molecule has 1 heterocycles. The lowest BCUT2D eigenvalue weighted by atomic mass is 10.1. The maximum Gasteiger partial charge on any atom is 0.211 e. The van der Waals surface area contributed by atoms with E-state index >= 15 is 4.39 Å². The molecular weight excluding hydrogens is 470 g/mol. The highest BCUT2D eigenvalue weighted by Gasteiger charge is 2.25. The molecule has 0 aliphatic heterocycles. The molecule has 0 N–H and O–H groups in total. The Morgan fingerprint density at radius 3 is 2.26 bits per heavy atom. The zero-order valence-electron chi connectivity index (χ0n) is 19.8. The maximum absolute atomic E-state index is 15.1. The maximum atomic E-state index is 15.1. The summed E-state index contributed by atoms with van der Waals surface area (Å²) in [5, 5.41) is -0.0528. The number of benzene rings is 3. The van der Waals surface area contributed by atoms with Gasteiger partial charge in [0.25, 0.3) is 0 Å². The van der Waals surface area contributed by atoms with Gasteiger partial charge in [-0.1, -0.05) is 29.8 Å². The van der Waals surface area contributed by atoms with Crippen molar-refractivity contribution in [2.45, 2.75) is 37.1 Å². The smallest absolute Gasteiger partial charge is 0.211 e. The fourth-order valence-electron chi connectivity index (χ4n) is 4.18. The molecule has 0 atom stereocenters. The van der Waals surface area contributed by atoms with Crippen LogP contribution in [0.4, 0.5) is 14.5 Å². The quantitative estimate of drug-likeness (QED) is 0.348. The SMILES string of the molecule is CCN(CC)c1cc2c(cc1F)c(=O)c(S(=O)(=O)c1ccc(C)cc1)cn2Cc1cccc(F)c1. The summed E-state index contributed by atoms with van der Waals surface area (Å²) in [6, 6.07) is 14.7. The van der Waals surface area contributed by atoms with Crippen LogP contribution in [0.25, 0.3) is 10.9 Å². The van der Waals surface area contributed by atoms with E-state index in [2.05, 4.69) is 0 Å². The Labute approximate surface area is 203 Å². The third kappa shape index (κ3) is 4.71. The fraction of sp³-hybridized carbons (Fsp3) is 0.222. The minimum absolute atomic E-state index is 0.0305. The highest BCUT2D eigenvalue weighted by atomic mass is 32.2. The van der Waals surface area contributed by atoms with Crippen LogP contribution < -0.4 is 10.3 Å². The largest absolute Gasteiger partial charge is 0.370 e. The molecule has 4 rings (SSSR count). The normalized spacial score (nSPS) is 11.7. The van der Waals surface area contributed by atoms with Crippen molar-refractivity contribution >= 4 is 26.4 Å². The number of aromatic nitrogens is 1. The first-order chi connectivity index (χ1) is 16.6. The van der Waals surface area contributed by atoms with Crippen LogP contribution in [0.1, 0.15) is 25.0 Å². The van der Waals surface area contributed by atoms with Crippen LogP contribution >= 0.6 is 0 Å². The minimum Gasteiger partial charge on any atom is -0.370 e. The summed E-state index contributed by atoms with van der Waals surface area (Å²) >= 11 is 0. The van der Waals surface area contributed by atoms with Crippen molar-refractivity contribution in [3.8, 4) is 0 Å². The molecule has 0 bridgehead atoms. The Morgan fingerprint density at radius 1 is 0.943 bits per heavy atom. The summed E-state index contributed by atoms with van der Waals surface area (Å²) in [6.07, 6.45) is 1.27. The summed E-state index contributed by atoms with van der Waals surface area (Å²) in [7, 11) is -4.19. The van der Waals surface area contributed by atoms with E-state index in [1.165, 1.54) is 30.5 Å². The molecule has 0 saturated carbocycles. The molecule has 0 spiro atoms. The van der Waals surface area contributed by atoms with E-state index in [9.17, 15) is 17.6 Å². The third-order valence-electron chi connectivity index (χ3n) is 6.08. The number of anilines is 1. The van der Waals surface area contributed by atoms with E-state index in [1.54, 1.807) is 34.9 Å². The number of nitrogens with zero attached hydrogens (tertiary/aromatic N) is 2. The number of halogens is 2. The van der Waals surface area contributed by atoms with Gasteiger partial charge >= 0.3 is 0 Å². The van der Waals surface area contributed by atoms with Gasteiger partial charge in [0.15, 0.2) is 0 Å². The van der Waals surface area contributed by atoms with Crippen molar-refractivity contribution < 1.29 is 17.2 Å². The average Bonchev–Trinajstić information content (AvgIpc) is 2.82. The zero-order valence-corrected chi connectivity index (χ0v) is 20.6. The summed E-state index contributed by atoms with van der Waals surface area (Å²) in [5.41, 5.74) is 1.34. The van der Waals surface area contributed by atoms with Crippen LogP contribution in [0.3, 0.4) is 0 Å². The third-order valence-corrected chi connectivity index (χ3v) is 7.85. The summed E-state index contributed by atoms with van der Waals surface area (Å²) in [6.45, 7) is 6.80. The molecule has 0 radical (unpaired) electrons. The van der Waals surface area contributed by atoms with E-state index in [0.29, 0.717) is 29.9 Å². The molecule has 0 fully saturated rings. The van der Waals surface area contributed by atoms with Gasteiger partial charge in [-0.25, -0.2) is 17.2 Å². The molecule has 0 unspecified atom stereocenters. The number of hydrogen-bond donors (Lipinski definition) is 0. The number of pyridine rings is 1. The number of fused-ring (bicyclic) bond motifs is 1. The van der Waals surface area contributed by atoms with E-state index in [0.717, 1.165) is 11.6 Å². The monoisotopic (exact) mass is 496 g/mol. The molecular formula is C27H26F2N2O3S. The lowest BCUT2D eigenvalue weighted by Crippen LogP contribution is -2.24. The molecule has 0 aliphatic carbocycles. The van der Waals surface area contributed by atoms with Crippen LogP contribution in [-0.2, 0) is 16.4 Å². The lowest BCUT2D eigenvalue weighted by molar-refractivity contribution is 0.593. The summed E-state index contributed by atoms with van der Waals surface area (Å²) < 4.78 is 57.5. The molecule has 0 amide bonds. The van der Waals surface area contributed by atoms with Crippen molar-refractivity contribution in [1.29, 1.82) is 0 Å². The van der Waals surface area contributed by atoms with Gasteiger partial charge in [-0.05, 0) is 62.7 Å². The van der Waals surface area contributed by atoms with Gasteiger partial charge in [0.2, 0.25) is 15.3 Å². The highest BCUT2D eigenvalue weighted by molar-refractivity contribution is 7.91. The van der Waals surface area contributed by atoms with Gasteiger partial charge in [0, 0.05) is 25.8 Å². The van der Waals surface area contributed by atoms with Gasteiger partial charge < -0.3 is 9.47 Å². The van der Waals surface area contributed by atoms with Crippen molar-refractivity contribution in [1.82, 2.24) is 4.57 Å². The van der Waals surface area contributed by atoms with Crippen molar-refractivity contribution in [3.63, 3.8) is 0 Å². The Hall–Kier alpha value is -3.52. The fourth-order valence-corrected chi connectivity index (χ4v) is 5.55. The first kappa shape index (κ1) is 24.6. The Morgan fingerprint density at radius 2 is 1.63 bits per heavy atom. The standard InChI is InChI=1S/C27H26F2N2O3S/c1-4-30(5-2)25-15-24-22(14-23(25)29)27(32)26(35(33,34)21-11-9-18(3)10-12-21)17-31(24)16-19-7-6-8-20(28)13-19/h6-15,17H,4-5,16H2,1-3H3. The van der Waals surface area contributed by atoms with E-state index in [1.807, 2.05) is 25.7 Å². The van der Waals surface area contributed by atoms with E-state index in [-0.39, 0.29) is 16.8 Å². The molecule has 5 nitrogen and oxygen atoms in total. The average molecular weight is 497 g/mol. The van der Waals surface area contributed by atoms with Crippen molar-refractivity contribution in [2.24, 2.45) is 0 Å². The van der Waals surface area contributed by atoms with E-state index in [4.69, 9.17) is 0 Å². The van der Waals surface area contributed by atoms with Gasteiger partial charge in [-0.3, -0.25) is 4.79 Å². The number of sulfone groups is 1. The minimum atomic E-state index is -4.19. The predicted octanol–water partition coefficient (Wildman–Crippen LogP) is 5.32. The molecule has 1 aromatic heterocycles. The van der Waals surface area contributed by atoms with Crippen LogP contribution in [0.15, 0.2) is 81.4 Å². The molecule has 8 heteroatoms. The lowest BCUT2D eigenvalue weighted by Gasteiger charge is -2.23. The second-order valence-corrected chi connectivity index (χ2v) is 10.3. The van der Waals surface area contributed by atoms with Crippen LogP contribution in [-0.4, -0.2) is 26.1 Å². The van der Waals surface area contributed by atoms with Crippen LogP contribution in [0.5, 0.6) is 0 Å². The zero-order chi connectivity index (χ0) is 25.3. The van der Waals surface area contributed by atoms with Crippen LogP contribution in [0, 0.1) is 18.6 Å². The van der Waals surface area contributed by atoms with Crippen molar-refractivity contribution in [3.05, 3.63) is 99.8 Å². The molecule has 0 saturated heterocycles. The number of rotatable bonds is 7. The van der Waals surface area contributed by atoms with E-state index < -0.39 is 31.8 Å². The first-order valence-corrected chi connectivity index (χ1v) is 12.8. The molecule has 182 valence electrons. The molecule has 0 aliphatic rings. The second kappa shape index (κ2) is 9.62. The molecule has 35 heavy (non-hydrogen) atoms. The Kier molecular flexibility index (Phi) is 6.76. The van der Waals surface area contributed by atoms with Gasteiger partial charge in [-0.2, -0.15) is 0 Å². The summed E-state index contributed by atoms with van der Waals surface area (Å²) in [4.78, 5) is 14.7. The number of hydrogen-bond acceptors (Lipinski definition) is 4. The second-order valence-electron chi connectivity index (χ2n) is 8.39. The summed E-state index contributed by atoms with van der Waals surface area (Å²) in [5.74, 6) is -1.05. The number of aryl methyl sites for hydroxylation is 1. The Bertz CT molecular complexity index is 1560. The van der Waals surface area contributed by atoms with Gasteiger partial charge in [-0.15, -0.1) is 0 Å². The Balaban J connectivity index is 2.02. The van der Waals surface area contributed by atoms with Crippen molar-refractivity contribution in [2.75, 3.05) is 18.0 Å². The van der Waals surface area contributed by atoms with Gasteiger partial charge in [0.05, 0.1) is 21.5 Å². The molecule has 4 aromatic rings. The topological polar surface area (TPSA) is 59.4 Å². The van der Waals surface area contributed by atoms with Gasteiger partial charge in [0.1, 0.15) is 16.5 Å². The van der Waals surface area contributed by atoms with Crippen LogP contribution in [0.2, 0.25) is 0 Å².